The Labute approximate surface area is 104 Å². The smallest absolute Gasteiger partial charge is 0.255 e. The third-order valence-corrected chi connectivity index (χ3v) is 2.74. The maximum absolute atomic E-state index is 12.0. The van der Waals surface area contributed by atoms with Crippen LogP contribution in [0.1, 0.15) is 10.4 Å². The molecule has 18 heavy (non-hydrogen) atoms. The van der Waals surface area contributed by atoms with E-state index in [-0.39, 0.29) is 5.91 Å². The quantitative estimate of drug-likeness (QED) is 0.720. The second-order valence-electron chi connectivity index (χ2n) is 3.92. The molecule has 0 radical (unpaired) electrons. The van der Waals surface area contributed by atoms with Gasteiger partial charge in [-0.1, -0.05) is 18.2 Å². The molecule has 0 aliphatic rings. The van der Waals surface area contributed by atoms with Gasteiger partial charge in [0.25, 0.3) is 5.91 Å². The summed E-state index contributed by atoms with van der Waals surface area (Å²) in [5.41, 5.74) is 2.16. The van der Waals surface area contributed by atoms with Crippen LogP contribution in [-0.2, 0) is 0 Å². The Morgan fingerprint density at radius 2 is 1.94 bits per heavy atom. The number of pyridine rings is 1. The van der Waals surface area contributed by atoms with E-state index in [1.54, 1.807) is 30.6 Å². The minimum atomic E-state index is -0.121. The van der Waals surface area contributed by atoms with Crippen LogP contribution in [0.5, 0.6) is 0 Å². The molecule has 4 heteroatoms. The fourth-order valence-corrected chi connectivity index (χ4v) is 1.85. The first-order chi connectivity index (χ1) is 8.84. The Balaban J connectivity index is 1.93. The number of carbonyl (C=O) groups is 1. The van der Waals surface area contributed by atoms with Crippen molar-refractivity contribution in [3.8, 4) is 0 Å². The van der Waals surface area contributed by atoms with Crippen LogP contribution in [0.3, 0.4) is 0 Å². The Morgan fingerprint density at radius 3 is 2.78 bits per heavy atom. The van der Waals surface area contributed by atoms with Gasteiger partial charge in [-0.2, -0.15) is 0 Å². The molecule has 0 saturated heterocycles. The largest absolute Gasteiger partial charge is 0.346 e. The first-order valence-corrected chi connectivity index (χ1v) is 5.63. The highest BCUT2D eigenvalue weighted by Gasteiger charge is 2.08. The molecular weight excluding hydrogens is 226 g/mol. The molecule has 4 nitrogen and oxygen atoms in total. The first kappa shape index (κ1) is 10.5. The van der Waals surface area contributed by atoms with Crippen LogP contribution in [0.15, 0.2) is 54.9 Å². The number of H-pyrrole nitrogens is 1. The molecule has 2 heterocycles. The predicted octanol–water partition coefficient (Wildman–Crippen LogP) is 2.82. The molecule has 0 aliphatic carbocycles. The second kappa shape index (κ2) is 4.33. The fourth-order valence-electron chi connectivity index (χ4n) is 1.85. The molecule has 3 aromatic rings. The lowest BCUT2D eigenvalue weighted by Gasteiger charge is -2.05. The number of hydrogen-bond donors (Lipinski definition) is 2. The molecule has 0 atom stereocenters. The van der Waals surface area contributed by atoms with Crippen molar-refractivity contribution in [2.75, 3.05) is 5.32 Å². The van der Waals surface area contributed by atoms with Crippen molar-refractivity contribution in [3.05, 3.63) is 60.4 Å². The number of anilines is 1. The van der Waals surface area contributed by atoms with Crippen molar-refractivity contribution >= 4 is 22.6 Å². The van der Waals surface area contributed by atoms with Crippen molar-refractivity contribution in [1.29, 1.82) is 0 Å². The van der Waals surface area contributed by atoms with Gasteiger partial charge in [0.15, 0.2) is 0 Å². The van der Waals surface area contributed by atoms with Gasteiger partial charge in [0.2, 0.25) is 0 Å². The molecule has 2 aromatic heterocycles. The van der Waals surface area contributed by atoms with Gasteiger partial charge in [-0.3, -0.25) is 4.79 Å². The van der Waals surface area contributed by atoms with E-state index in [9.17, 15) is 4.79 Å². The van der Waals surface area contributed by atoms with Crippen LogP contribution < -0.4 is 5.32 Å². The molecule has 0 saturated carbocycles. The van der Waals surface area contributed by atoms with Crippen LogP contribution in [0, 0.1) is 0 Å². The average molecular weight is 237 g/mol. The lowest BCUT2D eigenvalue weighted by Crippen LogP contribution is -2.11. The molecule has 0 aliphatic heterocycles. The van der Waals surface area contributed by atoms with Gasteiger partial charge in [0.1, 0.15) is 5.65 Å². The maximum atomic E-state index is 12.0. The van der Waals surface area contributed by atoms with E-state index in [1.165, 1.54) is 0 Å². The highest BCUT2D eigenvalue weighted by atomic mass is 16.1. The molecule has 0 spiro atoms. The van der Waals surface area contributed by atoms with Gasteiger partial charge in [-0.25, -0.2) is 4.98 Å². The number of fused-ring (bicyclic) bond motifs is 1. The highest BCUT2D eigenvalue weighted by molar-refractivity contribution is 6.08. The van der Waals surface area contributed by atoms with E-state index >= 15 is 0 Å². The summed E-state index contributed by atoms with van der Waals surface area (Å²) in [6.07, 6.45) is 3.47. The van der Waals surface area contributed by atoms with Crippen molar-refractivity contribution in [2.24, 2.45) is 0 Å². The third-order valence-electron chi connectivity index (χ3n) is 2.74. The Bertz CT molecular complexity index is 688. The van der Waals surface area contributed by atoms with Crippen LogP contribution in [0.25, 0.3) is 11.0 Å². The molecular formula is C14H11N3O. The summed E-state index contributed by atoms with van der Waals surface area (Å²) in [4.78, 5) is 19.2. The third kappa shape index (κ3) is 1.84. The summed E-state index contributed by atoms with van der Waals surface area (Å²) in [5, 5.41) is 3.79. The van der Waals surface area contributed by atoms with Crippen molar-refractivity contribution in [3.63, 3.8) is 0 Å². The van der Waals surface area contributed by atoms with Crippen molar-refractivity contribution in [2.45, 2.75) is 0 Å². The van der Waals surface area contributed by atoms with Crippen LogP contribution in [0.4, 0.5) is 5.69 Å². The number of nitrogens with zero attached hydrogens (tertiary/aromatic N) is 1. The van der Waals surface area contributed by atoms with E-state index in [4.69, 9.17) is 0 Å². The van der Waals surface area contributed by atoms with E-state index in [1.807, 2.05) is 24.3 Å². The number of nitrogens with one attached hydrogen (secondary N) is 2. The number of benzene rings is 1. The maximum Gasteiger partial charge on any atom is 0.255 e. The fraction of sp³-hybridized carbons (Fsp3) is 0. The number of aromatic amines is 1. The Morgan fingerprint density at radius 1 is 1.11 bits per heavy atom. The highest BCUT2D eigenvalue weighted by Crippen LogP contribution is 2.20. The normalized spacial score (nSPS) is 10.4. The molecule has 0 unspecified atom stereocenters. The van der Waals surface area contributed by atoms with E-state index in [0.29, 0.717) is 5.56 Å². The van der Waals surface area contributed by atoms with Gasteiger partial charge >= 0.3 is 0 Å². The van der Waals surface area contributed by atoms with E-state index < -0.39 is 0 Å². The monoisotopic (exact) mass is 237 g/mol. The zero-order valence-electron chi connectivity index (χ0n) is 9.55. The standard InChI is InChI=1S/C14H11N3O/c18-14(10-4-2-1-3-5-10)17-12-7-9-16-13-11(12)6-8-15-13/h1-9H,(H2,15,16,17,18). The SMILES string of the molecule is O=C(Nc1ccnc2[nH]ccc12)c1ccccc1. The second-order valence-corrected chi connectivity index (χ2v) is 3.92. The minimum Gasteiger partial charge on any atom is -0.346 e. The number of aromatic nitrogens is 2. The summed E-state index contributed by atoms with van der Waals surface area (Å²) >= 11 is 0. The molecule has 1 amide bonds. The van der Waals surface area contributed by atoms with Crippen LogP contribution in [0.2, 0.25) is 0 Å². The number of hydrogen-bond acceptors (Lipinski definition) is 2. The summed E-state index contributed by atoms with van der Waals surface area (Å²) in [6, 6.07) is 12.8. The molecule has 2 N–H and O–H groups in total. The minimum absolute atomic E-state index is 0.121. The van der Waals surface area contributed by atoms with E-state index in [0.717, 1.165) is 16.7 Å². The first-order valence-electron chi connectivity index (χ1n) is 5.63. The van der Waals surface area contributed by atoms with Gasteiger partial charge < -0.3 is 10.3 Å². The Hall–Kier alpha value is -2.62. The van der Waals surface area contributed by atoms with Crippen LogP contribution >= 0.6 is 0 Å². The lowest BCUT2D eigenvalue weighted by molar-refractivity contribution is 0.102. The van der Waals surface area contributed by atoms with E-state index in [2.05, 4.69) is 15.3 Å². The topological polar surface area (TPSA) is 57.8 Å². The zero-order chi connectivity index (χ0) is 12.4. The molecule has 0 fully saturated rings. The summed E-state index contributed by atoms with van der Waals surface area (Å²) in [5.74, 6) is -0.121. The van der Waals surface area contributed by atoms with Gasteiger partial charge in [-0.05, 0) is 24.3 Å². The zero-order valence-corrected chi connectivity index (χ0v) is 9.55. The lowest BCUT2D eigenvalue weighted by atomic mass is 10.2. The Kier molecular flexibility index (Phi) is 2.53. The molecule has 0 bridgehead atoms. The number of amides is 1. The van der Waals surface area contributed by atoms with Gasteiger partial charge in [-0.15, -0.1) is 0 Å². The molecule has 3 rings (SSSR count). The van der Waals surface area contributed by atoms with Gasteiger partial charge in [0.05, 0.1) is 5.69 Å². The summed E-state index contributed by atoms with van der Waals surface area (Å²) in [6.45, 7) is 0. The molecule has 88 valence electrons. The number of carbonyl (C=O) groups excluding carboxylic acids is 1. The molecule has 1 aromatic carbocycles. The van der Waals surface area contributed by atoms with Crippen LogP contribution in [-0.4, -0.2) is 15.9 Å². The predicted molar refractivity (Wildman–Crippen MR) is 70.5 cm³/mol. The van der Waals surface area contributed by atoms with Crippen molar-refractivity contribution < 1.29 is 4.79 Å². The average Bonchev–Trinajstić information content (AvgIpc) is 2.89. The van der Waals surface area contributed by atoms with Gasteiger partial charge in [0, 0.05) is 23.3 Å². The van der Waals surface area contributed by atoms with Crippen molar-refractivity contribution in [1.82, 2.24) is 9.97 Å². The summed E-state index contributed by atoms with van der Waals surface area (Å²) in [7, 11) is 0. The number of rotatable bonds is 2. The summed E-state index contributed by atoms with van der Waals surface area (Å²) < 4.78 is 0.